The van der Waals surface area contributed by atoms with Crippen molar-refractivity contribution >= 4 is 45.0 Å². The van der Waals surface area contributed by atoms with Crippen LogP contribution in [0.2, 0.25) is 5.28 Å². The van der Waals surface area contributed by atoms with Crippen LogP contribution in [0.3, 0.4) is 0 Å². The average Bonchev–Trinajstić information content (AvgIpc) is 2.32. The first-order valence-corrected chi connectivity index (χ1v) is 6.02. The highest BCUT2D eigenvalue weighted by Gasteiger charge is 2.14. The Kier molecular flexibility index (Phi) is 3.78. The maximum absolute atomic E-state index is 11.0. The van der Waals surface area contributed by atoms with Gasteiger partial charge in [0.05, 0.1) is 5.69 Å². The van der Waals surface area contributed by atoms with E-state index in [0.29, 0.717) is 5.69 Å². The summed E-state index contributed by atoms with van der Waals surface area (Å²) in [7, 11) is 0. The zero-order chi connectivity index (χ0) is 13.1. The van der Waals surface area contributed by atoms with Gasteiger partial charge in [0.25, 0.3) is 0 Å². The number of nitrogens with zero attached hydrogens (tertiary/aromatic N) is 2. The minimum Gasteiger partial charge on any atom is -0.477 e. The van der Waals surface area contributed by atoms with Crippen molar-refractivity contribution in [1.82, 2.24) is 9.97 Å². The lowest BCUT2D eigenvalue weighted by molar-refractivity contribution is 0.0697. The lowest BCUT2D eigenvalue weighted by Crippen LogP contribution is -2.06. The molecule has 0 fully saturated rings. The number of nitrogens with one attached hydrogen (secondary N) is 1. The van der Waals surface area contributed by atoms with Gasteiger partial charge in [-0.15, -0.1) is 0 Å². The summed E-state index contributed by atoms with van der Waals surface area (Å²) in [6.45, 7) is 0. The third-order valence-electron chi connectivity index (χ3n) is 2.12. The van der Waals surface area contributed by atoms with E-state index in [1.54, 1.807) is 6.07 Å². The van der Waals surface area contributed by atoms with E-state index in [0.717, 1.165) is 10.7 Å². The molecule has 1 aromatic heterocycles. The fraction of sp³-hybridized carbons (Fsp3) is 0. The number of para-hydroxylation sites is 1. The molecule has 18 heavy (non-hydrogen) atoms. The van der Waals surface area contributed by atoms with Crippen LogP contribution in [0.15, 0.2) is 34.9 Å². The van der Waals surface area contributed by atoms with Gasteiger partial charge in [0.15, 0.2) is 0 Å². The number of aromatic carboxylic acids is 1. The Morgan fingerprint density at radius 3 is 2.78 bits per heavy atom. The molecule has 92 valence electrons. The third kappa shape index (κ3) is 2.77. The fourth-order valence-corrected chi connectivity index (χ4v) is 1.82. The van der Waals surface area contributed by atoms with Crippen molar-refractivity contribution in [3.63, 3.8) is 0 Å². The zero-order valence-electron chi connectivity index (χ0n) is 8.89. The minimum absolute atomic E-state index is 0.0189. The number of benzene rings is 1. The molecule has 0 unspecified atom stereocenters. The summed E-state index contributed by atoms with van der Waals surface area (Å²) < 4.78 is 0.788. The second-order valence-corrected chi connectivity index (χ2v) is 4.50. The van der Waals surface area contributed by atoms with Gasteiger partial charge in [-0.1, -0.05) is 12.1 Å². The molecule has 2 aromatic rings. The summed E-state index contributed by atoms with van der Waals surface area (Å²) >= 11 is 9.01. The summed E-state index contributed by atoms with van der Waals surface area (Å²) in [6.07, 6.45) is 1.16. The van der Waals surface area contributed by atoms with E-state index in [1.807, 2.05) is 18.2 Å². The van der Waals surface area contributed by atoms with Crippen molar-refractivity contribution in [2.75, 3.05) is 5.32 Å². The highest BCUT2D eigenvalue weighted by atomic mass is 79.9. The van der Waals surface area contributed by atoms with Crippen LogP contribution < -0.4 is 5.32 Å². The number of hydrogen-bond acceptors (Lipinski definition) is 4. The Labute approximate surface area is 116 Å². The Hall–Kier alpha value is -1.66. The molecule has 0 aliphatic heterocycles. The first kappa shape index (κ1) is 12.8. The maximum atomic E-state index is 11.0. The SMILES string of the molecule is O=C(O)c1cnc(Cl)nc1Nc1ccccc1Br. The molecule has 0 bridgehead atoms. The van der Waals surface area contributed by atoms with Gasteiger partial charge in [0.2, 0.25) is 5.28 Å². The van der Waals surface area contributed by atoms with Crippen molar-refractivity contribution in [2.24, 2.45) is 0 Å². The number of carbonyl (C=O) groups is 1. The summed E-state index contributed by atoms with van der Waals surface area (Å²) in [5, 5.41) is 11.9. The molecule has 5 nitrogen and oxygen atoms in total. The number of aromatic nitrogens is 2. The minimum atomic E-state index is -1.12. The van der Waals surface area contributed by atoms with Crippen LogP contribution in [0.4, 0.5) is 11.5 Å². The quantitative estimate of drug-likeness (QED) is 0.845. The van der Waals surface area contributed by atoms with Crippen LogP contribution in [0.25, 0.3) is 0 Å². The van der Waals surface area contributed by atoms with Crippen LogP contribution >= 0.6 is 27.5 Å². The van der Waals surface area contributed by atoms with Crippen molar-refractivity contribution < 1.29 is 9.90 Å². The van der Waals surface area contributed by atoms with E-state index in [4.69, 9.17) is 16.7 Å². The first-order valence-electron chi connectivity index (χ1n) is 4.85. The molecule has 0 aliphatic carbocycles. The number of rotatable bonds is 3. The molecule has 2 N–H and O–H groups in total. The van der Waals surface area contributed by atoms with Gasteiger partial charge < -0.3 is 10.4 Å². The summed E-state index contributed by atoms with van der Waals surface area (Å²) in [5.41, 5.74) is 0.643. The Morgan fingerprint density at radius 1 is 1.39 bits per heavy atom. The highest BCUT2D eigenvalue weighted by molar-refractivity contribution is 9.10. The predicted octanol–water partition coefficient (Wildman–Crippen LogP) is 3.33. The number of hydrogen-bond donors (Lipinski definition) is 2. The molecule has 1 heterocycles. The van der Waals surface area contributed by atoms with E-state index < -0.39 is 5.97 Å². The van der Waals surface area contributed by atoms with Crippen molar-refractivity contribution in [3.8, 4) is 0 Å². The monoisotopic (exact) mass is 327 g/mol. The first-order chi connectivity index (χ1) is 8.58. The standard InChI is InChI=1S/C11H7BrClN3O2/c12-7-3-1-2-4-8(7)15-9-6(10(17)18)5-14-11(13)16-9/h1-5H,(H,17,18)(H,14,15,16). The van der Waals surface area contributed by atoms with Crippen molar-refractivity contribution in [2.45, 2.75) is 0 Å². The van der Waals surface area contributed by atoms with Crippen LogP contribution in [-0.2, 0) is 0 Å². The van der Waals surface area contributed by atoms with Gasteiger partial charge in [-0.2, -0.15) is 4.98 Å². The van der Waals surface area contributed by atoms with Gasteiger partial charge in [0.1, 0.15) is 11.4 Å². The molecule has 0 saturated carbocycles. The van der Waals surface area contributed by atoms with Crippen LogP contribution in [0, 0.1) is 0 Å². The van der Waals surface area contributed by atoms with Crippen molar-refractivity contribution in [3.05, 3.63) is 45.8 Å². The Bertz CT molecular complexity index is 607. The second kappa shape index (κ2) is 5.32. The molecular formula is C11H7BrClN3O2. The molecule has 0 amide bonds. The molecule has 0 spiro atoms. The van der Waals surface area contributed by atoms with Gasteiger partial charge in [-0.05, 0) is 39.7 Å². The summed E-state index contributed by atoms with van der Waals surface area (Å²) in [6, 6.07) is 7.27. The van der Waals surface area contributed by atoms with E-state index >= 15 is 0 Å². The molecule has 1 aromatic carbocycles. The predicted molar refractivity (Wildman–Crippen MR) is 71.4 cm³/mol. The largest absolute Gasteiger partial charge is 0.477 e. The summed E-state index contributed by atoms with van der Waals surface area (Å²) in [5.74, 6) is -0.976. The van der Waals surface area contributed by atoms with Gasteiger partial charge in [-0.25, -0.2) is 9.78 Å². The molecule has 2 rings (SSSR count). The molecular weight excluding hydrogens is 321 g/mol. The topological polar surface area (TPSA) is 75.1 Å². The normalized spacial score (nSPS) is 10.1. The van der Waals surface area contributed by atoms with E-state index in [2.05, 4.69) is 31.2 Å². The molecule has 7 heteroatoms. The van der Waals surface area contributed by atoms with E-state index in [1.165, 1.54) is 0 Å². The number of carboxylic acids is 1. The lowest BCUT2D eigenvalue weighted by atomic mass is 10.3. The highest BCUT2D eigenvalue weighted by Crippen LogP contribution is 2.26. The number of halogens is 2. The smallest absolute Gasteiger partial charge is 0.341 e. The fourth-order valence-electron chi connectivity index (χ4n) is 1.30. The van der Waals surface area contributed by atoms with Crippen LogP contribution in [0.5, 0.6) is 0 Å². The molecule has 0 saturated heterocycles. The van der Waals surface area contributed by atoms with E-state index in [9.17, 15) is 4.79 Å². The zero-order valence-corrected chi connectivity index (χ0v) is 11.2. The van der Waals surface area contributed by atoms with Crippen molar-refractivity contribution in [1.29, 1.82) is 0 Å². The second-order valence-electron chi connectivity index (χ2n) is 3.31. The lowest BCUT2D eigenvalue weighted by Gasteiger charge is -2.09. The Balaban J connectivity index is 2.42. The molecule has 0 radical (unpaired) electrons. The Morgan fingerprint density at radius 2 is 2.11 bits per heavy atom. The number of carboxylic acid groups (broad SMARTS) is 1. The number of anilines is 2. The third-order valence-corrected chi connectivity index (χ3v) is 2.99. The molecule has 0 atom stereocenters. The van der Waals surface area contributed by atoms with Crippen LogP contribution in [-0.4, -0.2) is 21.0 Å². The van der Waals surface area contributed by atoms with Crippen LogP contribution in [0.1, 0.15) is 10.4 Å². The summed E-state index contributed by atoms with van der Waals surface area (Å²) in [4.78, 5) is 18.6. The molecule has 0 aliphatic rings. The van der Waals surface area contributed by atoms with E-state index in [-0.39, 0.29) is 16.7 Å². The van der Waals surface area contributed by atoms with Gasteiger partial charge >= 0.3 is 5.97 Å². The van der Waals surface area contributed by atoms with Gasteiger partial charge in [0, 0.05) is 10.7 Å². The maximum Gasteiger partial charge on any atom is 0.341 e. The average molecular weight is 329 g/mol. The van der Waals surface area contributed by atoms with Gasteiger partial charge in [-0.3, -0.25) is 0 Å².